The van der Waals surface area contributed by atoms with Crippen LogP contribution in [-0.4, -0.2) is 6.54 Å². The molecule has 1 aromatic carbocycles. The molecule has 0 unspecified atom stereocenters. The van der Waals surface area contributed by atoms with Gasteiger partial charge in [-0.25, -0.2) is 8.78 Å². The number of rotatable bonds is 4. The molecule has 13 heavy (non-hydrogen) atoms. The van der Waals surface area contributed by atoms with Crippen LogP contribution < -0.4 is 5.32 Å². The highest BCUT2D eigenvalue weighted by molar-refractivity contribution is 5.24. The van der Waals surface area contributed by atoms with Crippen molar-refractivity contribution in [2.24, 2.45) is 0 Å². The zero-order valence-electron chi connectivity index (χ0n) is 7.56. The van der Waals surface area contributed by atoms with Crippen molar-refractivity contribution in [3.63, 3.8) is 0 Å². The van der Waals surface area contributed by atoms with E-state index in [-0.39, 0.29) is 5.56 Å². The second-order valence-corrected chi connectivity index (χ2v) is 2.83. The molecule has 0 heterocycles. The molecule has 0 atom stereocenters. The van der Waals surface area contributed by atoms with E-state index < -0.39 is 6.43 Å². The molecule has 1 rings (SSSR count). The molecule has 0 saturated heterocycles. The third-order valence-corrected chi connectivity index (χ3v) is 1.78. The second-order valence-electron chi connectivity index (χ2n) is 2.83. The van der Waals surface area contributed by atoms with Crippen LogP contribution >= 0.6 is 0 Å². The van der Waals surface area contributed by atoms with Gasteiger partial charge in [-0.05, 0) is 18.2 Å². The molecule has 1 N–H and O–H groups in total. The highest BCUT2D eigenvalue weighted by Gasteiger charge is 2.06. The van der Waals surface area contributed by atoms with Gasteiger partial charge in [0.2, 0.25) is 0 Å². The Morgan fingerprint density at radius 2 is 2.15 bits per heavy atom. The summed E-state index contributed by atoms with van der Waals surface area (Å²) >= 11 is 0. The van der Waals surface area contributed by atoms with Gasteiger partial charge in [-0.3, -0.25) is 0 Å². The van der Waals surface area contributed by atoms with E-state index in [1.54, 1.807) is 6.07 Å². The van der Waals surface area contributed by atoms with E-state index in [1.807, 2.05) is 13.0 Å². The highest BCUT2D eigenvalue weighted by Crippen LogP contribution is 2.19. The maximum Gasteiger partial charge on any atom is 0.263 e. The van der Waals surface area contributed by atoms with Crippen molar-refractivity contribution in [1.82, 2.24) is 5.32 Å². The molecule has 0 aliphatic rings. The molecule has 0 saturated carbocycles. The van der Waals surface area contributed by atoms with Gasteiger partial charge in [-0.15, -0.1) is 0 Å². The maximum absolute atomic E-state index is 12.2. The summed E-state index contributed by atoms with van der Waals surface area (Å²) in [5, 5.41) is 3.09. The fourth-order valence-electron chi connectivity index (χ4n) is 1.11. The molecule has 72 valence electrons. The Kier molecular flexibility index (Phi) is 3.83. The van der Waals surface area contributed by atoms with Crippen LogP contribution in [-0.2, 0) is 6.54 Å². The first-order valence-corrected chi connectivity index (χ1v) is 4.31. The monoisotopic (exact) mass is 185 g/mol. The lowest BCUT2D eigenvalue weighted by atomic mass is 10.1. The van der Waals surface area contributed by atoms with Gasteiger partial charge in [0.25, 0.3) is 6.43 Å². The smallest absolute Gasteiger partial charge is 0.263 e. The number of hydrogen-bond donors (Lipinski definition) is 1. The lowest BCUT2D eigenvalue weighted by molar-refractivity contribution is 0.151. The van der Waals surface area contributed by atoms with Gasteiger partial charge in [-0.2, -0.15) is 0 Å². The second kappa shape index (κ2) is 4.92. The summed E-state index contributed by atoms with van der Waals surface area (Å²) in [6, 6.07) is 6.48. The number of halogens is 2. The number of hydrogen-bond acceptors (Lipinski definition) is 1. The van der Waals surface area contributed by atoms with E-state index in [4.69, 9.17) is 0 Å². The van der Waals surface area contributed by atoms with Gasteiger partial charge in [0.05, 0.1) is 0 Å². The van der Waals surface area contributed by atoms with Crippen LogP contribution in [0.1, 0.15) is 24.5 Å². The van der Waals surface area contributed by atoms with Crippen LogP contribution in [0.3, 0.4) is 0 Å². The SMILES string of the molecule is CCNCc1cccc(C(F)F)c1. The van der Waals surface area contributed by atoms with Crippen molar-refractivity contribution in [2.45, 2.75) is 19.9 Å². The van der Waals surface area contributed by atoms with Crippen LogP contribution in [0, 0.1) is 0 Å². The van der Waals surface area contributed by atoms with Crippen LogP contribution in [0.15, 0.2) is 24.3 Å². The summed E-state index contributed by atoms with van der Waals surface area (Å²) in [6.07, 6.45) is -2.37. The average molecular weight is 185 g/mol. The number of alkyl halides is 2. The van der Waals surface area contributed by atoms with Crippen LogP contribution in [0.25, 0.3) is 0 Å². The zero-order valence-corrected chi connectivity index (χ0v) is 7.56. The van der Waals surface area contributed by atoms with E-state index in [9.17, 15) is 8.78 Å². The molecule has 0 amide bonds. The maximum atomic E-state index is 12.2. The lowest BCUT2D eigenvalue weighted by Crippen LogP contribution is -2.11. The molecule has 0 bridgehead atoms. The summed E-state index contributed by atoms with van der Waals surface area (Å²) in [7, 11) is 0. The third-order valence-electron chi connectivity index (χ3n) is 1.78. The minimum Gasteiger partial charge on any atom is -0.313 e. The standard InChI is InChI=1S/C10H13F2N/c1-2-13-7-8-4-3-5-9(6-8)10(11)12/h3-6,10,13H,2,7H2,1H3. The van der Waals surface area contributed by atoms with E-state index in [1.165, 1.54) is 12.1 Å². The minimum atomic E-state index is -2.37. The molecule has 0 radical (unpaired) electrons. The molecule has 0 fully saturated rings. The fraction of sp³-hybridized carbons (Fsp3) is 0.400. The van der Waals surface area contributed by atoms with Gasteiger partial charge in [-0.1, -0.05) is 25.1 Å². The van der Waals surface area contributed by atoms with Gasteiger partial charge in [0.1, 0.15) is 0 Å². The Balaban J connectivity index is 2.68. The van der Waals surface area contributed by atoms with Crippen molar-refractivity contribution < 1.29 is 8.78 Å². The third kappa shape index (κ3) is 3.11. The first-order chi connectivity index (χ1) is 6.24. The van der Waals surface area contributed by atoms with Crippen LogP contribution in [0.2, 0.25) is 0 Å². The molecule has 0 spiro atoms. The first-order valence-electron chi connectivity index (χ1n) is 4.31. The first kappa shape index (κ1) is 10.1. The normalized spacial score (nSPS) is 10.8. The summed E-state index contributed by atoms with van der Waals surface area (Å²) in [6.45, 7) is 3.48. The Bertz CT molecular complexity index is 261. The molecule has 3 heteroatoms. The molecular formula is C10H13F2N. The summed E-state index contributed by atoms with van der Waals surface area (Å²) in [5.74, 6) is 0. The molecule has 0 aromatic heterocycles. The van der Waals surface area contributed by atoms with Crippen molar-refractivity contribution in [3.05, 3.63) is 35.4 Å². The number of benzene rings is 1. The van der Waals surface area contributed by atoms with Crippen molar-refractivity contribution in [3.8, 4) is 0 Å². The Labute approximate surface area is 76.8 Å². The van der Waals surface area contributed by atoms with Gasteiger partial charge >= 0.3 is 0 Å². The molecular weight excluding hydrogens is 172 g/mol. The lowest BCUT2D eigenvalue weighted by Gasteiger charge is -2.04. The predicted molar refractivity (Wildman–Crippen MR) is 48.8 cm³/mol. The van der Waals surface area contributed by atoms with Crippen molar-refractivity contribution in [2.75, 3.05) is 6.54 Å². The molecule has 0 aliphatic carbocycles. The Morgan fingerprint density at radius 1 is 1.38 bits per heavy atom. The van der Waals surface area contributed by atoms with E-state index in [0.717, 1.165) is 12.1 Å². The van der Waals surface area contributed by atoms with Crippen molar-refractivity contribution in [1.29, 1.82) is 0 Å². The molecule has 1 aromatic rings. The average Bonchev–Trinajstić information content (AvgIpc) is 2.15. The summed E-state index contributed by atoms with van der Waals surface area (Å²) in [5.41, 5.74) is 0.995. The van der Waals surface area contributed by atoms with Crippen LogP contribution in [0.4, 0.5) is 8.78 Å². The van der Waals surface area contributed by atoms with Crippen molar-refractivity contribution >= 4 is 0 Å². The van der Waals surface area contributed by atoms with E-state index >= 15 is 0 Å². The van der Waals surface area contributed by atoms with Gasteiger partial charge < -0.3 is 5.32 Å². The fourth-order valence-corrected chi connectivity index (χ4v) is 1.11. The highest BCUT2D eigenvalue weighted by atomic mass is 19.3. The topological polar surface area (TPSA) is 12.0 Å². The Hall–Kier alpha value is -0.960. The predicted octanol–water partition coefficient (Wildman–Crippen LogP) is 2.73. The van der Waals surface area contributed by atoms with E-state index in [2.05, 4.69) is 5.32 Å². The largest absolute Gasteiger partial charge is 0.313 e. The minimum absolute atomic E-state index is 0.0930. The quantitative estimate of drug-likeness (QED) is 0.760. The number of nitrogens with one attached hydrogen (secondary N) is 1. The summed E-state index contributed by atoms with van der Waals surface area (Å²) < 4.78 is 24.5. The molecule has 1 nitrogen and oxygen atoms in total. The molecule has 0 aliphatic heterocycles. The van der Waals surface area contributed by atoms with Gasteiger partial charge in [0, 0.05) is 12.1 Å². The van der Waals surface area contributed by atoms with Crippen LogP contribution in [0.5, 0.6) is 0 Å². The van der Waals surface area contributed by atoms with E-state index in [0.29, 0.717) is 6.54 Å². The Morgan fingerprint density at radius 3 is 2.77 bits per heavy atom. The summed E-state index contributed by atoms with van der Waals surface area (Å²) in [4.78, 5) is 0. The van der Waals surface area contributed by atoms with Gasteiger partial charge in [0.15, 0.2) is 0 Å². The zero-order chi connectivity index (χ0) is 9.68.